The number of halogens is 2. The van der Waals surface area contributed by atoms with Gasteiger partial charge in [0.05, 0.1) is 0 Å². The fraction of sp³-hybridized carbons (Fsp3) is 0.529. The van der Waals surface area contributed by atoms with Crippen molar-refractivity contribution in [3.05, 3.63) is 33.8 Å². The summed E-state index contributed by atoms with van der Waals surface area (Å²) in [7, 11) is 0. The molecule has 5 nitrogen and oxygen atoms in total. The average molecular weight is 372 g/mol. The molecule has 130 valence electrons. The Morgan fingerprint density at radius 3 is 2.58 bits per heavy atom. The number of rotatable bonds is 5. The van der Waals surface area contributed by atoms with E-state index in [-0.39, 0.29) is 30.3 Å². The average Bonchev–Trinajstić information content (AvgIpc) is 3.33. The largest absolute Gasteiger partial charge is 0.480 e. The predicted molar refractivity (Wildman–Crippen MR) is 90.5 cm³/mol. The van der Waals surface area contributed by atoms with Gasteiger partial charge in [0, 0.05) is 35.2 Å². The van der Waals surface area contributed by atoms with Crippen LogP contribution in [0.2, 0.25) is 10.0 Å². The van der Waals surface area contributed by atoms with Gasteiger partial charge in [-0.1, -0.05) is 29.3 Å². The van der Waals surface area contributed by atoms with E-state index >= 15 is 0 Å². The Bertz CT molecular complexity index is 645. The van der Waals surface area contributed by atoms with Crippen LogP contribution < -0.4 is 0 Å². The molecule has 1 heterocycles. The predicted octanol–water partition coefficient (Wildman–Crippen LogP) is 3.19. The maximum Gasteiger partial charge on any atom is 0.323 e. The van der Waals surface area contributed by atoms with Gasteiger partial charge < -0.3 is 14.7 Å². The number of nitrogens with zero attached hydrogens (tertiary/aromatic N) is 1. The third-order valence-electron chi connectivity index (χ3n) is 4.69. The van der Waals surface area contributed by atoms with Gasteiger partial charge in [-0.25, -0.2) is 0 Å². The molecule has 2 aliphatic rings. The summed E-state index contributed by atoms with van der Waals surface area (Å²) in [5.74, 6) is -1.25. The summed E-state index contributed by atoms with van der Waals surface area (Å²) in [6, 6.07) is 5.21. The molecule has 0 radical (unpaired) electrons. The van der Waals surface area contributed by atoms with Crippen LogP contribution in [-0.2, 0) is 14.3 Å². The summed E-state index contributed by atoms with van der Waals surface area (Å²) in [5, 5.41) is 10.3. The van der Waals surface area contributed by atoms with Crippen LogP contribution in [0.1, 0.15) is 30.7 Å². The van der Waals surface area contributed by atoms with Crippen LogP contribution in [0.15, 0.2) is 18.2 Å². The number of benzene rings is 1. The van der Waals surface area contributed by atoms with E-state index in [0.29, 0.717) is 42.5 Å². The van der Waals surface area contributed by atoms with Gasteiger partial charge in [-0.05, 0) is 42.9 Å². The number of hydrogen-bond donors (Lipinski definition) is 1. The van der Waals surface area contributed by atoms with E-state index in [2.05, 4.69) is 0 Å². The van der Waals surface area contributed by atoms with Crippen molar-refractivity contribution in [3.63, 3.8) is 0 Å². The number of aliphatic carboxylic acids is 1. The van der Waals surface area contributed by atoms with Gasteiger partial charge in [0.25, 0.3) is 0 Å². The lowest BCUT2D eigenvalue weighted by Crippen LogP contribution is -2.46. The molecule has 1 amide bonds. The number of hydrogen-bond acceptors (Lipinski definition) is 3. The molecule has 24 heavy (non-hydrogen) atoms. The highest BCUT2D eigenvalue weighted by molar-refractivity contribution is 6.35. The summed E-state index contributed by atoms with van der Waals surface area (Å²) >= 11 is 12.1. The summed E-state index contributed by atoms with van der Waals surface area (Å²) in [6.07, 6.45) is 2.05. The first-order valence-corrected chi connectivity index (χ1v) is 8.78. The number of carboxylic acid groups (broad SMARTS) is 1. The van der Waals surface area contributed by atoms with Gasteiger partial charge >= 0.3 is 5.97 Å². The van der Waals surface area contributed by atoms with E-state index in [0.717, 1.165) is 5.56 Å². The van der Waals surface area contributed by atoms with E-state index < -0.39 is 5.97 Å². The molecule has 0 unspecified atom stereocenters. The molecule has 2 fully saturated rings. The molecule has 1 aliphatic carbocycles. The molecule has 0 spiro atoms. The SMILES string of the molecule is O=C(O)CN(C(=O)[C@@H]1C[C@@H]1c1ccc(Cl)cc1Cl)C1CCOCC1. The van der Waals surface area contributed by atoms with Gasteiger partial charge in [0.15, 0.2) is 0 Å². The molecule has 7 heteroatoms. The topological polar surface area (TPSA) is 66.8 Å². The van der Waals surface area contributed by atoms with Crippen LogP contribution in [0.25, 0.3) is 0 Å². The zero-order valence-electron chi connectivity index (χ0n) is 13.1. The Labute approximate surface area is 150 Å². The van der Waals surface area contributed by atoms with Crippen LogP contribution in [-0.4, -0.2) is 47.7 Å². The molecule has 1 aliphatic heterocycles. The van der Waals surface area contributed by atoms with Crippen molar-refractivity contribution in [3.8, 4) is 0 Å². The third-order valence-corrected chi connectivity index (χ3v) is 5.25. The van der Waals surface area contributed by atoms with Gasteiger partial charge in [-0.3, -0.25) is 9.59 Å². The molecule has 0 aromatic heterocycles. The Morgan fingerprint density at radius 2 is 1.96 bits per heavy atom. The number of ether oxygens (including phenoxy) is 1. The van der Waals surface area contributed by atoms with Gasteiger partial charge in [-0.15, -0.1) is 0 Å². The zero-order valence-corrected chi connectivity index (χ0v) is 14.6. The van der Waals surface area contributed by atoms with Gasteiger partial charge in [0.2, 0.25) is 5.91 Å². The number of amides is 1. The molecule has 1 aromatic carbocycles. The number of carbonyl (C=O) groups is 2. The lowest BCUT2D eigenvalue weighted by molar-refractivity contribution is -0.148. The standard InChI is InChI=1S/C17H19Cl2NO4/c18-10-1-2-12(15(19)7-10)13-8-14(13)17(23)20(9-16(21)22)11-3-5-24-6-4-11/h1-2,7,11,13-14H,3-6,8-9H2,(H,21,22)/t13-,14-/m1/s1. The van der Waals surface area contributed by atoms with Crippen LogP contribution in [0.3, 0.4) is 0 Å². The first-order chi connectivity index (χ1) is 11.5. The minimum absolute atomic E-state index is 0.0402. The first-order valence-electron chi connectivity index (χ1n) is 8.02. The molecule has 1 saturated carbocycles. The highest BCUT2D eigenvalue weighted by Crippen LogP contribution is 2.51. The van der Waals surface area contributed by atoms with Crippen molar-refractivity contribution in [1.82, 2.24) is 4.90 Å². The highest BCUT2D eigenvalue weighted by atomic mass is 35.5. The van der Waals surface area contributed by atoms with E-state index in [1.54, 1.807) is 12.1 Å². The fourth-order valence-corrected chi connectivity index (χ4v) is 3.90. The smallest absolute Gasteiger partial charge is 0.323 e. The fourth-order valence-electron chi connectivity index (χ4n) is 3.36. The van der Waals surface area contributed by atoms with E-state index in [1.165, 1.54) is 4.90 Å². The first kappa shape index (κ1) is 17.5. The zero-order chi connectivity index (χ0) is 17.3. The van der Waals surface area contributed by atoms with E-state index in [9.17, 15) is 9.59 Å². The molecular weight excluding hydrogens is 353 g/mol. The monoisotopic (exact) mass is 371 g/mol. The van der Waals surface area contributed by atoms with Crippen molar-refractivity contribution < 1.29 is 19.4 Å². The normalized spacial score (nSPS) is 23.8. The van der Waals surface area contributed by atoms with Gasteiger partial charge in [0.1, 0.15) is 6.54 Å². The molecule has 0 bridgehead atoms. The Kier molecular flexibility index (Phi) is 5.33. The minimum atomic E-state index is -0.989. The van der Waals surface area contributed by atoms with Crippen molar-refractivity contribution >= 4 is 35.1 Å². The van der Waals surface area contributed by atoms with Crippen molar-refractivity contribution in [2.75, 3.05) is 19.8 Å². The van der Waals surface area contributed by atoms with Crippen LogP contribution in [0.4, 0.5) is 0 Å². The molecular formula is C17H19Cl2NO4. The quantitative estimate of drug-likeness (QED) is 0.862. The second-order valence-electron chi connectivity index (χ2n) is 6.32. The lowest BCUT2D eigenvalue weighted by Gasteiger charge is -2.33. The van der Waals surface area contributed by atoms with Crippen molar-refractivity contribution in [2.45, 2.75) is 31.2 Å². The maximum atomic E-state index is 12.9. The highest BCUT2D eigenvalue weighted by Gasteiger charge is 2.48. The second kappa shape index (κ2) is 7.30. The van der Waals surface area contributed by atoms with E-state index in [1.807, 2.05) is 6.07 Å². The second-order valence-corrected chi connectivity index (χ2v) is 7.16. The molecule has 3 rings (SSSR count). The molecule has 1 N–H and O–H groups in total. The van der Waals surface area contributed by atoms with E-state index in [4.69, 9.17) is 33.0 Å². The molecule has 2 atom stereocenters. The maximum absolute atomic E-state index is 12.9. The Balaban J connectivity index is 1.72. The summed E-state index contributed by atoms with van der Waals surface area (Å²) < 4.78 is 5.31. The molecule has 1 aromatic rings. The van der Waals surface area contributed by atoms with Crippen molar-refractivity contribution in [1.29, 1.82) is 0 Å². The van der Waals surface area contributed by atoms with Crippen LogP contribution in [0, 0.1) is 5.92 Å². The summed E-state index contributed by atoms with van der Waals surface area (Å²) in [6.45, 7) is 0.859. The Hall–Kier alpha value is -1.30. The van der Waals surface area contributed by atoms with Crippen molar-refractivity contribution in [2.24, 2.45) is 5.92 Å². The molecule has 1 saturated heterocycles. The van der Waals surface area contributed by atoms with Crippen LogP contribution >= 0.6 is 23.2 Å². The lowest BCUT2D eigenvalue weighted by atomic mass is 10.0. The number of carboxylic acids is 1. The summed E-state index contributed by atoms with van der Waals surface area (Å²) in [4.78, 5) is 25.6. The van der Waals surface area contributed by atoms with Crippen LogP contribution in [0.5, 0.6) is 0 Å². The number of carbonyl (C=O) groups excluding carboxylic acids is 1. The minimum Gasteiger partial charge on any atom is -0.480 e. The summed E-state index contributed by atoms with van der Waals surface area (Å²) in [5.41, 5.74) is 0.904. The van der Waals surface area contributed by atoms with Gasteiger partial charge in [-0.2, -0.15) is 0 Å². The third kappa shape index (κ3) is 3.85. The Morgan fingerprint density at radius 1 is 1.25 bits per heavy atom.